The summed E-state index contributed by atoms with van der Waals surface area (Å²) in [5.74, 6) is 6.90. The maximum absolute atomic E-state index is 4.75. The highest BCUT2D eigenvalue weighted by atomic mass is 15.2. The highest BCUT2D eigenvalue weighted by Crippen LogP contribution is 2.41. The second-order valence-electron chi connectivity index (χ2n) is 7.34. The molecule has 1 aliphatic carbocycles. The standard InChI is InChI=1S/C24H32N4/c1-7-26-24(27-20(5)12-17(2)8-9-18(3)16-25-6)28-23-14-19(4)13-22(15-23)21-10-11-21/h7,13-16,21,24-26,28H,1-2,10-12H2,3-6H3/b18-16-,27-20?. The Bertz CT molecular complexity index is 832. The normalized spacial score (nSPS) is 15.1. The summed E-state index contributed by atoms with van der Waals surface area (Å²) in [5, 5.41) is 9.60. The van der Waals surface area contributed by atoms with Crippen molar-refractivity contribution < 1.29 is 0 Å². The maximum Gasteiger partial charge on any atom is 0.193 e. The Labute approximate surface area is 169 Å². The summed E-state index contributed by atoms with van der Waals surface area (Å²) in [6.07, 6.45) is 6.47. The van der Waals surface area contributed by atoms with Crippen molar-refractivity contribution in [2.45, 2.75) is 52.2 Å². The molecular weight excluding hydrogens is 344 g/mol. The number of hydrogen-bond donors (Lipinski definition) is 3. The number of anilines is 1. The van der Waals surface area contributed by atoms with E-state index in [9.17, 15) is 0 Å². The summed E-state index contributed by atoms with van der Waals surface area (Å²) < 4.78 is 0. The lowest BCUT2D eigenvalue weighted by Crippen LogP contribution is -2.31. The molecular formula is C24H32N4. The van der Waals surface area contributed by atoms with E-state index >= 15 is 0 Å². The van der Waals surface area contributed by atoms with E-state index in [-0.39, 0.29) is 6.29 Å². The predicted molar refractivity (Wildman–Crippen MR) is 121 cm³/mol. The molecule has 0 bridgehead atoms. The van der Waals surface area contributed by atoms with Gasteiger partial charge in [-0.2, -0.15) is 0 Å². The van der Waals surface area contributed by atoms with Crippen molar-refractivity contribution in [2.24, 2.45) is 4.99 Å². The molecule has 1 fully saturated rings. The first-order valence-corrected chi connectivity index (χ1v) is 9.73. The van der Waals surface area contributed by atoms with E-state index in [4.69, 9.17) is 4.99 Å². The zero-order valence-corrected chi connectivity index (χ0v) is 17.5. The maximum atomic E-state index is 4.75. The number of benzene rings is 1. The molecule has 1 unspecified atom stereocenters. The van der Waals surface area contributed by atoms with Crippen LogP contribution in [0.4, 0.5) is 5.69 Å². The molecule has 0 amide bonds. The van der Waals surface area contributed by atoms with Gasteiger partial charge in [-0.05, 0) is 69.0 Å². The van der Waals surface area contributed by atoms with Crippen LogP contribution in [0.1, 0.15) is 50.2 Å². The van der Waals surface area contributed by atoms with Crippen LogP contribution in [-0.2, 0) is 0 Å². The largest absolute Gasteiger partial charge is 0.393 e. The number of nitrogens with zero attached hydrogens (tertiary/aromatic N) is 1. The molecule has 0 aromatic heterocycles. The Kier molecular flexibility index (Phi) is 7.95. The molecule has 0 radical (unpaired) electrons. The molecule has 4 nitrogen and oxygen atoms in total. The first-order valence-electron chi connectivity index (χ1n) is 9.73. The fourth-order valence-corrected chi connectivity index (χ4v) is 2.99. The number of rotatable bonds is 9. The van der Waals surface area contributed by atoms with Crippen molar-refractivity contribution in [3.63, 3.8) is 0 Å². The number of allylic oxidation sites excluding steroid dienone is 2. The van der Waals surface area contributed by atoms with Gasteiger partial charge in [0.1, 0.15) is 0 Å². The summed E-state index contributed by atoms with van der Waals surface area (Å²) in [4.78, 5) is 4.75. The lowest BCUT2D eigenvalue weighted by Gasteiger charge is -2.18. The molecule has 1 atom stereocenters. The Balaban J connectivity index is 2.05. The van der Waals surface area contributed by atoms with Gasteiger partial charge in [-0.3, -0.25) is 0 Å². The second-order valence-corrected chi connectivity index (χ2v) is 7.34. The zero-order valence-electron chi connectivity index (χ0n) is 17.5. The first kappa shape index (κ1) is 21.4. The Morgan fingerprint density at radius 1 is 1.29 bits per heavy atom. The van der Waals surface area contributed by atoms with Gasteiger partial charge >= 0.3 is 0 Å². The molecule has 1 aromatic carbocycles. The van der Waals surface area contributed by atoms with Crippen LogP contribution in [0.3, 0.4) is 0 Å². The lowest BCUT2D eigenvalue weighted by atomic mass is 10.1. The fraction of sp³-hybridized carbons (Fsp3) is 0.375. The minimum absolute atomic E-state index is 0.280. The van der Waals surface area contributed by atoms with Gasteiger partial charge in [0.15, 0.2) is 6.29 Å². The molecule has 28 heavy (non-hydrogen) atoms. The summed E-state index contributed by atoms with van der Waals surface area (Å²) in [7, 11) is 1.86. The van der Waals surface area contributed by atoms with Crippen molar-refractivity contribution in [3.05, 3.63) is 66.0 Å². The third-order valence-electron chi connectivity index (χ3n) is 4.34. The molecule has 0 spiro atoms. The molecule has 3 N–H and O–H groups in total. The molecule has 0 aliphatic heterocycles. The van der Waals surface area contributed by atoms with Crippen molar-refractivity contribution >= 4 is 11.4 Å². The molecule has 1 aromatic rings. The van der Waals surface area contributed by atoms with E-state index in [1.165, 1.54) is 24.0 Å². The summed E-state index contributed by atoms with van der Waals surface area (Å²) in [6.45, 7) is 13.9. The van der Waals surface area contributed by atoms with Crippen molar-refractivity contribution in [1.82, 2.24) is 10.6 Å². The van der Waals surface area contributed by atoms with Crippen LogP contribution in [0.15, 0.2) is 59.9 Å². The van der Waals surface area contributed by atoms with Gasteiger partial charge in [0.2, 0.25) is 0 Å². The van der Waals surface area contributed by atoms with Gasteiger partial charge in [0, 0.05) is 42.2 Å². The zero-order chi connectivity index (χ0) is 20.5. The van der Waals surface area contributed by atoms with Crippen LogP contribution >= 0.6 is 0 Å². The first-order chi connectivity index (χ1) is 13.4. The average Bonchev–Trinajstić information content (AvgIpc) is 3.45. The Hall–Kier alpha value is -2.93. The van der Waals surface area contributed by atoms with Gasteiger partial charge in [-0.25, -0.2) is 4.99 Å². The molecule has 148 valence electrons. The van der Waals surface area contributed by atoms with Gasteiger partial charge < -0.3 is 16.0 Å². The Morgan fingerprint density at radius 3 is 2.68 bits per heavy atom. The minimum Gasteiger partial charge on any atom is -0.393 e. The monoisotopic (exact) mass is 376 g/mol. The second kappa shape index (κ2) is 10.4. The fourth-order valence-electron chi connectivity index (χ4n) is 2.99. The predicted octanol–water partition coefficient (Wildman–Crippen LogP) is 4.83. The van der Waals surface area contributed by atoms with Gasteiger partial charge in [0.25, 0.3) is 0 Å². The van der Waals surface area contributed by atoms with Crippen LogP contribution in [0, 0.1) is 18.8 Å². The van der Waals surface area contributed by atoms with Crippen LogP contribution in [0.5, 0.6) is 0 Å². The Morgan fingerprint density at radius 2 is 2.04 bits per heavy atom. The van der Waals surface area contributed by atoms with Gasteiger partial charge in [-0.15, -0.1) is 0 Å². The van der Waals surface area contributed by atoms with E-state index in [0.29, 0.717) is 6.42 Å². The SMILES string of the molecule is C=CNC(N=C(C)CC(=C)C#C/C(C)=C\NC)Nc1cc(C)cc(C2CC2)c1. The average molecular weight is 377 g/mol. The van der Waals surface area contributed by atoms with Gasteiger partial charge in [0.05, 0.1) is 0 Å². The molecule has 1 saturated carbocycles. The van der Waals surface area contributed by atoms with Crippen LogP contribution in [0.2, 0.25) is 0 Å². The molecule has 1 aliphatic rings. The number of nitrogens with one attached hydrogen (secondary N) is 3. The van der Waals surface area contributed by atoms with Crippen LogP contribution < -0.4 is 16.0 Å². The molecule has 0 saturated heterocycles. The minimum atomic E-state index is -0.280. The van der Waals surface area contributed by atoms with E-state index in [1.807, 2.05) is 27.1 Å². The third-order valence-corrected chi connectivity index (χ3v) is 4.34. The van der Waals surface area contributed by atoms with E-state index < -0.39 is 0 Å². The molecule has 0 heterocycles. The van der Waals surface area contributed by atoms with Crippen molar-refractivity contribution in [3.8, 4) is 11.8 Å². The number of aryl methyl sites for hydroxylation is 1. The quantitative estimate of drug-likeness (QED) is 0.328. The van der Waals surface area contributed by atoms with Crippen LogP contribution in [-0.4, -0.2) is 19.0 Å². The van der Waals surface area contributed by atoms with Crippen molar-refractivity contribution in [2.75, 3.05) is 12.4 Å². The highest BCUT2D eigenvalue weighted by molar-refractivity contribution is 5.85. The summed E-state index contributed by atoms with van der Waals surface area (Å²) >= 11 is 0. The van der Waals surface area contributed by atoms with E-state index in [2.05, 4.69) is 66.1 Å². The smallest absolute Gasteiger partial charge is 0.193 e. The molecule has 4 heteroatoms. The molecule has 2 rings (SSSR count). The summed E-state index contributed by atoms with van der Waals surface area (Å²) in [6, 6.07) is 6.66. The van der Waals surface area contributed by atoms with Crippen LogP contribution in [0.25, 0.3) is 0 Å². The third kappa shape index (κ3) is 7.36. The van der Waals surface area contributed by atoms with E-state index in [1.54, 1.807) is 6.20 Å². The topological polar surface area (TPSA) is 48.5 Å². The number of aliphatic imine (C=N–C) groups is 1. The lowest BCUT2D eigenvalue weighted by molar-refractivity contribution is 0.687. The number of hydrogen-bond acceptors (Lipinski definition) is 4. The highest BCUT2D eigenvalue weighted by Gasteiger charge is 2.24. The van der Waals surface area contributed by atoms with Gasteiger partial charge in [-0.1, -0.05) is 31.1 Å². The summed E-state index contributed by atoms with van der Waals surface area (Å²) in [5.41, 5.74) is 6.51. The van der Waals surface area contributed by atoms with Crippen molar-refractivity contribution in [1.29, 1.82) is 0 Å². The van der Waals surface area contributed by atoms with E-state index in [0.717, 1.165) is 28.5 Å².